The maximum absolute atomic E-state index is 5.65. The third kappa shape index (κ3) is 4.84. The summed E-state index contributed by atoms with van der Waals surface area (Å²) in [6.07, 6.45) is 0. The number of thioether (sulfide) groups is 1. The Morgan fingerprint density at radius 1 is 1.13 bits per heavy atom. The molecular weight excluding hydrogens is 376 g/mol. The number of benzene rings is 2. The van der Waals surface area contributed by atoms with Gasteiger partial charge < -0.3 is 9.15 Å². The van der Waals surface area contributed by atoms with E-state index >= 15 is 0 Å². The summed E-state index contributed by atoms with van der Waals surface area (Å²) in [5.41, 5.74) is 2.35. The van der Waals surface area contributed by atoms with Gasteiger partial charge in [-0.25, -0.2) is 0 Å². The van der Waals surface area contributed by atoms with E-state index in [-0.39, 0.29) is 6.61 Å². The lowest BCUT2D eigenvalue weighted by molar-refractivity contribution is 0.252. The van der Waals surface area contributed by atoms with E-state index in [4.69, 9.17) is 9.15 Å². The van der Waals surface area contributed by atoms with Gasteiger partial charge in [-0.15, -0.1) is 10.2 Å². The molecule has 0 aliphatic heterocycles. The van der Waals surface area contributed by atoms with Crippen LogP contribution in [-0.4, -0.2) is 10.2 Å². The summed E-state index contributed by atoms with van der Waals surface area (Å²) in [5, 5.41) is 8.60. The molecule has 0 unspecified atom stereocenters. The Bertz CT molecular complexity index is 774. The number of ether oxygens (including phenoxy) is 1. The minimum absolute atomic E-state index is 0.273. The summed E-state index contributed by atoms with van der Waals surface area (Å²) in [7, 11) is 0. The van der Waals surface area contributed by atoms with E-state index in [9.17, 15) is 0 Å². The third-order valence-corrected chi connectivity index (χ3v) is 4.49. The SMILES string of the molecule is Cc1cccc(OCc2nnc(SCc3ccc(Br)cc3)o2)c1. The Hall–Kier alpha value is -1.79. The molecule has 0 saturated carbocycles. The van der Waals surface area contributed by atoms with Crippen molar-refractivity contribution in [3.8, 4) is 5.75 Å². The number of halogens is 1. The standard InChI is InChI=1S/C17H15BrN2O2S/c1-12-3-2-4-15(9-12)21-10-16-19-20-17(22-16)23-11-13-5-7-14(18)8-6-13/h2-9H,10-11H2,1H3. The van der Waals surface area contributed by atoms with Gasteiger partial charge in [-0.3, -0.25) is 0 Å². The monoisotopic (exact) mass is 390 g/mol. The zero-order chi connectivity index (χ0) is 16.1. The van der Waals surface area contributed by atoms with E-state index in [1.54, 1.807) is 0 Å². The number of nitrogens with zero attached hydrogens (tertiary/aromatic N) is 2. The van der Waals surface area contributed by atoms with Crippen molar-refractivity contribution in [3.05, 3.63) is 70.0 Å². The largest absolute Gasteiger partial charge is 0.484 e. The smallest absolute Gasteiger partial charge is 0.277 e. The van der Waals surface area contributed by atoms with Crippen molar-refractivity contribution in [1.29, 1.82) is 0 Å². The van der Waals surface area contributed by atoms with Gasteiger partial charge >= 0.3 is 0 Å². The number of hydrogen-bond acceptors (Lipinski definition) is 5. The zero-order valence-corrected chi connectivity index (χ0v) is 14.9. The van der Waals surface area contributed by atoms with Crippen LogP contribution in [0.4, 0.5) is 0 Å². The van der Waals surface area contributed by atoms with Crippen LogP contribution in [0.3, 0.4) is 0 Å². The predicted octanol–water partition coefficient (Wildman–Crippen LogP) is 5.01. The minimum Gasteiger partial charge on any atom is -0.484 e. The van der Waals surface area contributed by atoms with Gasteiger partial charge in [0.05, 0.1) is 0 Å². The molecule has 0 atom stereocenters. The van der Waals surface area contributed by atoms with Crippen LogP contribution in [0, 0.1) is 6.92 Å². The van der Waals surface area contributed by atoms with Crippen LogP contribution in [0.2, 0.25) is 0 Å². The van der Waals surface area contributed by atoms with Gasteiger partial charge in [0.15, 0.2) is 6.61 Å². The molecule has 23 heavy (non-hydrogen) atoms. The van der Waals surface area contributed by atoms with E-state index in [1.165, 1.54) is 17.3 Å². The molecule has 0 fully saturated rings. The molecule has 0 amide bonds. The van der Waals surface area contributed by atoms with Crippen molar-refractivity contribution < 1.29 is 9.15 Å². The molecule has 0 radical (unpaired) electrons. The first kappa shape index (κ1) is 16.1. The van der Waals surface area contributed by atoms with Gasteiger partial charge in [0.1, 0.15) is 5.75 Å². The van der Waals surface area contributed by atoms with Gasteiger partial charge in [-0.1, -0.05) is 52.0 Å². The molecule has 0 N–H and O–H groups in total. The van der Waals surface area contributed by atoms with Crippen molar-refractivity contribution in [2.45, 2.75) is 24.5 Å². The molecule has 2 aromatic carbocycles. The van der Waals surface area contributed by atoms with Crippen LogP contribution < -0.4 is 4.74 Å². The number of aryl methyl sites for hydroxylation is 1. The highest BCUT2D eigenvalue weighted by molar-refractivity contribution is 9.10. The summed E-state index contributed by atoms with van der Waals surface area (Å²) in [6.45, 7) is 2.30. The lowest BCUT2D eigenvalue weighted by Gasteiger charge is -2.03. The highest BCUT2D eigenvalue weighted by atomic mass is 79.9. The Labute approximate surface area is 147 Å². The first-order valence-electron chi connectivity index (χ1n) is 7.08. The quantitative estimate of drug-likeness (QED) is 0.553. The molecule has 0 saturated heterocycles. The normalized spacial score (nSPS) is 10.7. The molecule has 1 aromatic heterocycles. The zero-order valence-electron chi connectivity index (χ0n) is 12.5. The second-order valence-corrected chi connectivity index (χ2v) is 6.82. The van der Waals surface area contributed by atoms with Crippen molar-refractivity contribution in [1.82, 2.24) is 10.2 Å². The van der Waals surface area contributed by atoms with Gasteiger partial charge in [0.2, 0.25) is 0 Å². The molecule has 4 nitrogen and oxygen atoms in total. The van der Waals surface area contributed by atoms with Crippen molar-refractivity contribution in [2.75, 3.05) is 0 Å². The molecule has 3 rings (SSSR count). The van der Waals surface area contributed by atoms with E-state index in [1.807, 2.05) is 43.3 Å². The molecule has 6 heteroatoms. The Morgan fingerprint density at radius 3 is 2.74 bits per heavy atom. The third-order valence-electron chi connectivity index (χ3n) is 3.08. The Kier molecular flexibility index (Phi) is 5.35. The summed E-state index contributed by atoms with van der Waals surface area (Å²) in [4.78, 5) is 0. The predicted molar refractivity (Wildman–Crippen MR) is 93.5 cm³/mol. The Morgan fingerprint density at radius 2 is 1.96 bits per heavy atom. The molecule has 0 bridgehead atoms. The molecule has 0 aliphatic carbocycles. The van der Waals surface area contributed by atoms with Gasteiger partial charge in [-0.2, -0.15) is 0 Å². The first-order valence-corrected chi connectivity index (χ1v) is 8.86. The van der Waals surface area contributed by atoms with E-state index in [0.29, 0.717) is 11.1 Å². The maximum atomic E-state index is 5.65. The lowest BCUT2D eigenvalue weighted by atomic mass is 10.2. The van der Waals surface area contributed by atoms with Crippen molar-refractivity contribution in [2.24, 2.45) is 0 Å². The van der Waals surface area contributed by atoms with Crippen molar-refractivity contribution >= 4 is 27.7 Å². The summed E-state index contributed by atoms with van der Waals surface area (Å²) < 4.78 is 12.3. The van der Waals surface area contributed by atoms with E-state index in [0.717, 1.165) is 21.5 Å². The fraction of sp³-hybridized carbons (Fsp3) is 0.176. The lowest BCUT2D eigenvalue weighted by Crippen LogP contribution is -1.95. The summed E-state index contributed by atoms with van der Waals surface area (Å²) in [5.74, 6) is 2.06. The molecule has 0 spiro atoms. The van der Waals surface area contributed by atoms with E-state index < -0.39 is 0 Å². The summed E-state index contributed by atoms with van der Waals surface area (Å²) in [6, 6.07) is 16.0. The molecular formula is C17H15BrN2O2S. The summed E-state index contributed by atoms with van der Waals surface area (Å²) >= 11 is 4.94. The van der Waals surface area contributed by atoms with Crippen molar-refractivity contribution in [3.63, 3.8) is 0 Å². The minimum atomic E-state index is 0.273. The highest BCUT2D eigenvalue weighted by Crippen LogP contribution is 2.23. The number of aromatic nitrogens is 2. The fourth-order valence-electron chi connectivity index (χ4n) is 1.93. The highest BCUT2D eigenvalue weighted by Gasteiger charge is 2.08. The van der Waals surface area contributed by atoms with Crippen LogP contribution in [0.15, 0.2) is 62.6 Å². The average Bonchev–Trinajstić information content (AvgIpc) is 3.00. The van der Waals surface area contributed by atoms with Crippen LogP contribution >= 0.6 is 27.7 Å². The molecule has 118 valence electrons. The maximum Gasteiger partial charge on any atom is 0.277 e. The van der Waals surface area contributed by atoms with E-state index in [2.05, 4.69) is 38.3 Å². The van der Waals surface area contributed by atoms with Crippen LogP contribution in [0.1, 0.15) is 17.0 Å². The van der Waals surface area contributed by atoms with Crippen LogP contribution in [0.25, 0.3) is 0 Å². The fourth-order valence-corrected chi connectivity index (χ4v) is 2.93. The topological polar surface area (TPSA) is 48.2 Å². The molecule has 1 heterocycles. The van der Waals surface area contributed by atoms with Crippen LogP contribution in [-0.2, 0) is 12.4 Å². The first-order chi connectivity index (χ1) is 11.2. The second kappa shape index (κ2) is 7.66. The second-order valence-electron chi connectivity index (χ2n) is 4.98. The van der Waals surface area contributed by atoms with Gasteiger partial charge in [0, 0.05) is 10.2 Å². The van der Waals surface area contributed by atoms with Gasteiger partial charge in [-0.05, 0) is 42.3 Å². The Balaban J connectivity index is 1.52. The average molecular weight is 391 g/mol. The van der Waals surface area contributed by atoms with Crippen LogP contribution in [0.5, 0.6) is 5.75 Å². The number of rotatable bonds is 6. The number of hydrogen-bond donors (Lipinski definition) is 0. The molecule has 3 aromatic rings. The molecule has 0 aliphatic rings. The van der Waals surface area contributed by atoms with Gasteiger partial charge in [0.25, 0.3) is 11.1 Å².